The first-order chi connectivity index (χ1) is 7.97. The molecule has 1 aliphatic carbocycles. The summed E-state index contributed by atoms with van der Waals surface area (Å²) in [6.45, 7) is 2.19. The normalized spacial score (nSPS) is 25.9. The smallest absolute Gasteiger partial charge is 0.260 e. The number of rotatable bonds is 1. The zero-order valence-electron chi connectivity index (χ0n) is 9.80. The molecule has 1 nitrogen and oxygen atoms in total. The van der Waals surface area contributed by atoms with Crippen LogP contribution in [0.25, 0.3) is 0 Å². The summed E-state index contributed by atoms with van der Waals surface area (Å²) in [7, 11) is 0. The van der Waals surface area contributed by atoms with Gasteiger partial charge in [0.15, 0.2) is 0 Å². The number of halogens is 3. The SMILES string of the molecule is C[C@@H]1CCC[C@H](c2ccc(C(F)(F)F)cn2)C1. The zero-order valence-corrected chi connectivity index (χ0v) is 9.80. The highest BCUT2D eigenvalue weighted by Gasteiger charge is 2.31. The number of hydrogen-bond acceptors (Lipinski definition) is 1. The largest absolute Gasteiger partial charge is 0.417 e. The van der Waals surface area contributed by atoms with Gasteiger partial charge >= 0.3 is 6.18 Å². The molecular weight excluding hydrogens is 227 g/mol. The fourth-order valence-corrected chi connectivity index (χ4v) is 2.52. The van der Waals surface area contributed by atoms with Crippen LogP contribution in [0.15, 0.2) is 18.3 Å². The van der Waals surface area contributed by atoms with Crippen LogP contribution in [-0.2, 0) is 6.18 Å². The molecule has 0 bridgehead atoms. The predicted octanol–water partition coefficient (Wildman–Crippen LogP) is 4.39. The molecule has 1 heterocycles. The van der Waals surface area contributed by atoms with E-state index in [-0.39, 0.29) is 0 Å². The molecule has 1 fully saturated rings. The molecule has 1 aromatic heterocycles. The summed E-state index contributed by atoms with van der Waals surface area (Å²) in [6, 6.07) is 2.67. The molecule has 0 unspecified atom stereocenters. The molecule has 0 spiro atoms. The second kappa shape index (κ2) is 4.67. The molecule has 0 aliphatic heterocycles. The van der Waals surface area contributed by atoms with Crippen molar-refractivity contribution in [1.29, 1.82) is 0 Å². The number of aromatic nitrogens is 1. The summed E-state index contributed by atoms with van der Waals surface area (Å²) in [6.07, 6.45) is 1.12. The van der Waals surface area contributed by atoms with E-state index in [1.165, 1.54) is 12.5 Å². The average Bonchev–Trinajstić information content (AvgIpc) is 2.28. The van der Waals surface area contributed by atoms with Crippen molar-refractivity contribution in [2.75, 3.05) is 0 Å². The summed E-state index contributed by atoms with van der Waals surface area (Å²) >= 11 is 0. The average molecular weight is 243 g/mol. The van der Waals surface area contributed by atoms with Crippen molar-refractivity contribution < 1.29 is 13.2 Å². The number of nitrogens with zero attached hydrogens (tertiary/aromatic N) is 1. The second-order valence-electron chi connectivity index (χ2n) is 4.94. The van der Waals surface area contributed by atoms with E-state index in [0.29, 0.717) is 11.8 Å². The minimum Gasteiger partial charge on any atom is -0.260 e. The molecule has 1 saturated carbocycles. The van der Waals surface area contributed by atoms with Gasteiger partial charge in [0.05, 0.1) is 5.56 Å². The number of alkyl halides is 3. The maximum absolute atomic E-state index is 12.4. The van der Waals surface area contributed by atoms with Crippen LogP contribution in [-0.4, -0.2) is 4.98 Å². The van der Waals surface area contributed by atoms with Crippen molar-refractivity contribution in [2.24, 2.45) is 5.92 Å². The monoisotopic (exact) mass is 243 g/mol. The van der Waals surface area contributed by atoms with Crippen molar-refractivity contribution in [2.45, 2.75) is 44.7 Å². The Hall–Kier alpha value is -1.06. The molecule has 0 N–H and O–H groups in total. The van der Waals surface area contributed by atoms with Crippen LogP contribution < -0.4 is 0 Å². The Bertz CT molecular complexity index is 369. The number of hydrogen-bond donors (Lipinski definition) is 0. The van der Waals surface area contributed by atoms with E-state index in [2.05, 4.69) is 11.9 Å². The van der Waals surface area contributed by atoms with Gasteiger partial charge in [0.25, 0.3) is 0 Å². The second-order valence-corrected chi connectivity index (χ2v) is 4.94. The van der Waals surface area contributed by atoms with Gasteiger partial charge in [0, 0.05) is 17.8 Å². The molecule has 0 aromatic carbocycles. The Labute approximate surface area is 99.1 Å². The maximum Gasteiger partial charge on any atom is 0.417 e. The Balaban J connectivity index is 2.12. The zero-order chi connectivity index (χ0) is 12.5. The predicted molar refractivity (Wildman–Crippen MR) is 59.6 cm³/mol. The van der Waals surface area contributed by atoms with Gasteiger partial charge < -0.3 is 0 Å². The van der Waals surface area contributed by atoms with Crippen molar-refractivity contribution >= 4 is 0 Å². The number of pyridine rings is 1. The highest BCUT2D eigenvalue weighted by molar-refractivity contribution is 5.19. The summed E-state index contributed by atoms with van der Waals surface area (Å²) in [5.41, 5.74) is 0.148. The maximum atomic E-state index is 12.4. The third kappa shape index (κ3) is 2.99. The molecular formula is C13H16F3N. The van der Waals surface area contributed by atoms with E-state index in [9.17, 15) is 13.2 Å². The lowest BCUT2D eigenvalue weighted by atomic mass is 9.80. The van der Waals surface area contributed by atoms with E-state index in [1.54, 1.807) is 0 Å². The van der Waals surface area contributed by atoms with Crippen molar-refractivity contribution in [3.05, 3.63) is 29.6 Å². The van der Waals surface area contributed by atoms with Gasteiger partial charge in [0.2, 0.25) is 0 Å². The minimum absolute atomic E-state index is 0.334. The Morgan fingerprint density at radius 2 is 2.00 bits per heavy atom. The fourth-order valence-electron chi connectivity index (χ4n) is 2.52. The van der Waals surface area contributed by atoms with E-state index < -0.39 is 11.7 Å². The molecule has 0 amide bonds. The van der Waals surface area contributed by atoms with E-state index in [0.717, 1.165) is 37.2 Å². The van der Waals surface area contributed by atoms with Gasteiger partial charge in [-0.2, -0.15) is 13.2 Å². The summed E-state index contributed by atoms with van der Waals surface area (Å²) in [4.78, 5) is 3.98. The molecule has 1 aliphatic rings. The van der Waals surface area contributed by atoms with Crippen molar-refractivity contribution in [3.63, 3.8) is 0 Å². The standard InChI is InChI=1S/C13H16F3N/c1-9-3-2-4-10(7-9)12-6-5-11(8-17-12)13(14,15)16/h5-6,8-10H,2-4,7H2,1H3/t9-,10+/m1/s1. The molecule has 0 radical (unpaired) electrons. The summed E-state index contributed by atoms with van der Waals surface area (Å²) < 4.78 is 37.2. The van der Waals surface area contributed by atoms with Crippen LogP contribution in [0.4, 0.5) is 13.2 Å². The van der Waals surface area contributed by atoms with E-state index in [1.807, 2.05) is 0 Å². The molecule has 0 saturated heterocycles. The molecule has 17 heavy (non-hydrogen) atoms. The summed E-state index contributed by atoms with van der Waals surface area (Å²) in [5.74, 6) is 0.985. The molecule has 2 atom stereocenters. The van der Waals surface area contributed by atoms with Crippen LogP contribution in [0.5, 0.6) is 0 Å². The van der Waals surface area contributed by atoms with E-state index in [4.69, 9.17) is 0 Å². The van der Waals surface area contributed by atoms with Gasteiger partial charge in [-0.3, -0.25) is 4.98 Å². The molecule has 4 heteroatoms. The quantitative estimate of drug-likeness (QED) is 0.712. The van der Waals surface area contributed by atoms with E-state index >= 15 is 0 Å². The lowest BCUT2D eigenvalue weighted by Crippen LogP contribution is -2.13. The molecule has 2 rings (SSSR count). The topological polar surface area (TPSA) is 12.9 Å². The highest BCUT2D eigenvalue weighted by Crippen LogP contribution is 2.36. The first kappa shape index (κ1) is 12.4. The van der Waals surface area contributed by atoms with Crippen LogP contribution in [0, 0.1) is 5.92 Å². The van der Waals surface area contributed by atoms with Gasteiger partial charge in [-0.1, -0.05) is 19.8 Å². The lowest BCUT2D eigenvalue weighted by molar-refractivity contribution is -0.137. The van der Waals surface area contributed by atoms with Crippen LogP contribution in [0.3, 0.4) is 0 Å². The molecule has 1 aromatic rings. The molecule has 94 valence electrons. The van der Waals surface area contributed by atoms with Gasteiger partial charge in [0.1, 0.15) is 0 Å². The lowest BCUT2D eigenvalue weighted by Gasteiger charge is -2.26. The fraction of sp³-hybridized carbons (Fsp3) is 0.615. The van der Waals surface area contributed by atoms with Crippen molar-refractivity contribution in [3.8, 4) is 0 Å². The highest BCUT2D eigenvalue weighted by atomic mass is 19.4. The Morgan fingerprint density at radius 3 is 2.53 bits per heavy atom. The third-order valence-electron chi connectivity index (χ3n) is 3.47. The first-order valence-electron chi connectivity index (χ1n) is 6.00. The van der Waals surface area contributed by atoms with Crippen LogP contribution in [0.1, 0.15) is 49.8 Å². The van der Waals surface area contributed by atoms with Crippen LogP contribution in [0.2, 0.25) is 0 Å². The van der Waals surface area contributed by atoms with Gasteiger partial charge in [-0.25, -0.2) is 0 Å². The third-order valence-corrected chi connectivity index (χ3v) is 3.47. The van der Waals surface area contributed by atoms with Crippen molar-refractivity contribution in [1.82, 2.24) is 4.98 Å². The van der Waals surface area contributed by atoms with Crippen LogP contribution >= 0.6 is 0 Å². The van der Waals surface area contributed by atoms with Gasteiger partial charge in [-0.15, -0.1) is 0 Å². The Kier molecular flexibility index (Phi) is 3.40. The summed E-state index contributed by atoms with van der Waals surface area (Å²) in [5, 5.41) is 0. The van der Waals surface area contributed by atoms with Gasteiger partial charge in [-0.05, 0) is 30.9 Å². The first-order valence-corrected chi connectivity index (χ1v) is 6.00. The Morgan fingerprint density at radius 1 is 1.24 bits per heavy atom. The minimum atomic E-state index is -4.29.